The third-order valence-electron chi connectivity index (χ3n) is 5.61. The van der Waals surface area contributed by atoms with Crippen molar-refractivity contribution < 1.29 is 19.1 Å². The summed E-state index contributed by atoms with van der Waals surface area (Å²) in [6, 6.07) is 4.25. The van der Waals surface area contributed by atoms with Crippen LogP contribution >= 0.6 is 0 Å². The third kappa shape index (κ3) is 10.2. The number of rotatable bonds is 10. The predicted molar refractivity (Wildman–Crippen MR) is 146 cm³/mol. The largest absolute Gasteiger partial charge is 0.444 e. The van der Waals surface area contributed by atoms with E-state index >= 15 is 0 Å². The number of carbonyl (C=O) groups excluding carboxylic acids is 3. The van der Waals surface area contributed by atoms with Gasteiger partial charge in [-0.1, -0.05) is 45.4 Å². The zero-order chi connectivity index (χ0) is 27.8. The Balaban J connectivity index is 3.61. The van der Waals surface area contributed by atoms with Crippen LogP contribution in [0.25, 0.3) is 0 Å². The van der Waals surface area contributed by atoms with E-state index < -0.39 is 29.3 Å². The molecule has 7 nitrogen and oxygen atoms in total. The zero-order valence-corrected chi connectivity index (χ0v) is 24.4. The lowest BCUT2D eigenvalue weighted by molar-refractivity contribution is -0.143. The first-order chi connectivity index (χ1) is 16.5. The molecule has 2 unspecified atom stereocenters. The van der Waals surface area contributed by atoms with Crippen LogP contribution in [0.5, 0.6) is 0 Å². The average molecular weight is 504 g/mol. The average Bonchev–Trinajstić information content (AvgIpc) is 2.68. The van der Waals surface area contributed by atoms with Crippen molar-refractivity contribution in [1.82, 2.24) is 15.5 Å². The highest BCUT2D eigenvalue weighted by Crippen LogP contribution is 2.30. The summed E-state index contributed by atoms with van der Waals surface area (Å²) in [4.78, 5) is 42.3. The number of aryl methyl sites for hydroxylation is 2. The number of nitrogens with zero attached hydrogens (tertiary/aromatic N) is 1. The first-order valence-electron chi connectivity index (χ1n) is 13.1. The van der Waals surface area contributed by atoms with E-state index in [2.05, 4.69) is 17.6 Å². The van der Waals surface area contributed by atoms with Gasteiger partial charge in [-0.2, -0.15) is 0 Å². The summed E-state index contributed by atoms with van der Waals surface area (Å²) in [5.74, 6) is -0.367. The van der Waals surface area contributed by atoms with Crippen LogP contribution in [0.15, 0.2) is 18.2 Å². The molecule has 2 atom stereocenters. The Labute approximate surface area is 218 Å². The number of alkyl carbamates (subject to hydrolysis) is 1. The second-order valence-corrected chi connectivity index (χ2v) is 12.2. The quantitative estimate of drug-likeness (QED) is 0.421. The molecule has 0 saturated carbocycles. The van der Waals surface area contributed by atoms with Gasteiger partial charge in [-0.3, -0.25) is 9.59 Å². The van der Waals surface area contributed by atoms with E-state index in [1.165, 1.54) is 0 Å². The molecular formula is C29H49N3O4. The molecule has 0 fully saturated rings. The fraction of sp³-hybridized carbons (Fsp3) is 0.690. The van der Waals surface area contributed by atoms with Crippen LogP contribution in [-0.2, 0) is 14.3 Å². The predicted octanol–water partition coefficient (Wildman–Crippen LogP) is 5.83. The highest BCUT2D eigenvalue weighted by Gasteiger charge is 2.38. The van der Waals surface area contributed by atoms with Gasteiger partial charge >= 0.3 is 6.09 Å². The summed E-state index contributed by atoms with van der Waals surface area (Å²) in [5, 5.41) is 5.89. The highest BCUT2D eigenvalue weighted by molar-refractivity contribution is 5.92. The van der Waals surface area contributed by atoms with E-state index in [1.54, 1.807) is 25.7 Å². The third-order valence-corrected chi connectivity index (χ3v) is 5.61. The molecule has 36 heavy (non-hydrogen) atoms. The van der Waals surface area contributed by atoms with Crippen LogP contribution in [0.4, 0.5) is 4.79 Å². The Kier molecular flexibility index (Phi) is 11.5. The minimum Gasteiger partial charge on any atom is -0.444 e. The Morgan fingerprint density at radius 1 is 1.00 bits per heavy atom. The molecule has 3 amide bonds. The molecule has 0 heterocycles. The van der Waals surface area contributed by atoms with Gasteiger partial charge in [0.15, 0.2) is 0 Å². The molecule has 0 aliphatic heterocycles. The molecule has 7 heteroatoms. The lowest BCUT2D eigenvalue weighted by atomic mass is 9.92. The molecule has 0 aliphatic carbocycles. The van der Waals surface area contributed by atoms with Crippen LogP contribution < -0.4 is 10.6 Å². The Morgan fingerprint density at radius 3 is 2.00 bits per heavy atom. The second kappa shape index (κ2) is 13.1. The van der Waals surface area contributed by atoms with E-state index in [9.17, 15) is 14.4 Å². The van der Waals surface area contributed by atoms with Crippen molar-refractivity contribution in [3.8, 4) is 0 Å². The Bertz CT molecular complexity index is 877. The van der Waals surface area contributed by atoms with E-state index in [4.69, 9.17) is 4.74 Å². The summed E-state index contributed by atoms with van der Waals surface area (Å²) in [6.45, 7) is 21.5. The SMILES string of the molecule is CCCCN(C(=O)C(CC(C)C)NC(=O)OC(C)(C)C)C(C(=O)NC(C)(C)C)c1c(C)cccc1C. The first-order valence-corrected chi connectivity index (χ1v) is 13.1. The zero-order valence-electron chi connectivity index (χ0n) is 24.4. The van der Waals surface area contributed by atoms with Crippen molar-refractivity contribution in [3.63, 3.8) is 0 Å². The van der Waals surface area contributed by atoms with Crippen LogP contribution in [0.3, 0.4) is 0 Å². The number of hydrogen-bond acceptors (Lipinski definition) is 4. The summed E-state index contributed by atoms with van der Waals surface area (Å²) in [7, 11) is 0. The van der Waals surface area contributed by atoms with Crippen molar-refractivity contribution in [2.45, 2.75) is 119 Å². The van der Waals surface area contributed by atoms with Crippen molar-refractivity contribution in [2.75, 3.05) is 6.54 Å². The van der Waals surface area contributed by atoms with Gasteiger partial charge in [-0.25, -0.2) is 4.79 Å². The molecular weight excluding hydrogens is 454 g/mol. The normalized spacial score (nSPS) is 13.7. The topological polar surface area (TPSA) is 87.7 Å². The molecule has 0 radical (unpaired) electrons. The number of unbranched alkanes of at least 4 members (excludes halogenated alkanes) is 1. The molecule has 1 aromatic carbocycles. The standard InChI is InChI=1S/C29H49N3O4/c1-12-13-17-32(26(34)22(18-19(2)3)30-27(35)36-29(9,10)11)24(25(33)31-28(6,7)8)23-20(4)15-14-16-21(23)5/h14-16,19,22,24H,12-13,17-18H2,1-11H3,(H,30,35)(H,31,33). The second-order valence-electron chi connectivity index (χ2n) is 12.2. The monoisotopic (exact) mass is 503 g/mol. The van der Waals surface area contributed by atoms with E-state index in [0.29, 0.717) is 13.0 Å². The maximum atomic E-state index is 14.2. The van der Waals surface area contributed by atoms with Gasteiger partial charge in [0.05, 0.1) is 0 Å². The molecule has 1 rings (SSSR count). The summed E-state index contributed by atoms with van der Waals surface area (Å²) in [6.07, 6.45) is 1.38. The Morgan fingerprint density at radius 2 is 1.56 bits per heavy atom. The van der Waals surface area contributed by atoms with Crippen LogP contribution in [0, 0.1) is 19.8 Å². The van der Waals surface area contributed by atoms with Gasteiger partial charge in [-0.05, 0) is 90.8 Å². The number of ether oxygens (including phenoxy) is 1. The van der Waals surface area contributed by atoms with Gasteiger partial charge in [-0.15, -0.1) is 0 Å². The summed E-state index contributed by atoms with van der Waals surface area (Å²) < 4.78 is 5.46. The lowest BCUT2D eigenvalue weighted by Crippen LogP contribution is -2.55. The van der Waals surface area contributed by atoms with Crippen molar-refractivity contribution in [1.29, 1.82) is 0 Å². The van der Waals surface area contributed by atoms with Gasteiger partial charge < -0.3 is 20.3 Å². The van der Waals surface area contributed by atoms with Gasteiger partial charge in [0.1, 0.15) is 17.7 Å². The summed E-state index contributed by atoms with van der Waals surface area (Å²) >= 11 is 0. The molecule has 1 aromatic rings. The van der Waals surface area contributed by atoms with E-state index in [-0.39, 0.29) is 17.7 Å². The van der Waals surface area contributed by atoms with E-state index in [1.807, 2.05) is 66.7 Å². The lowest BCUT2D eigenvalue weighted by Gasteiger charge is -2.37. The number of amides is 3. The number of carbonyl (C=O) groups is 3. The van der Waals surface area contributed by atoms with Gasteiger partial charge in [0.25, 0.3) is 0 Å². The molecule has 2 N–H and O–H groups in total. The Hall–Kier alpha value is -2.57. The smallest absolute Gasteiger partial charge is 0.408 e. The van der Waals surface area contributed by atoms with Crippen LogP contribution in [-0.4, -0.2) is 46.5 Å². The first kappa shape index (κ1) is 31.5. The van der Waals surface area contributed by atoms with Gasteiger partial charge in [0.2, 0.25) is 11.8 Å². The number of nitrogens with one attached hydrogen (secondary N) is 2. The molecule has 204 valence electrons. The maximum Gasteiger partial charge on any atom is 0.408 e. The van der Waals surface area contributed by atoms with Crippen molar-refractivity contribution in [3.05, 3.63) is 34.9 Å². The molecule has 0 aromatic heterocycles. The van der Waals surface area contributed by atoms with Crippen LogP contribution in [0.1, 0.15) is 104 Å². The van der Waals surface area contributed by atoms with Crippen molar-refractivity contribution in [2.24, 2.45) is 5.92 Å². The highest BCUT2D eigenvalue weighted by atomic mass is 16.6. The molecule has 0 saturated heterocycles. The fourth-order valence-corrected chi connectivity index (χ4v) is 4.16. The molecule has 0 aliphatic rings. The van der Waals surface area contributed by atoms with E-state index in [0.717, 1.165) is 29.5 Å². The van der Waals surface area contributed by atoms with Gasteiger partial charge in [0, 0.05) is 12.1 Å². The van der Waals surface area contributed by atoms with Crippen molar-refractivity contribution >= 4 is 17.9 Å². The summed E-state index contributed by atoms with van der Waals surface area (Å²) in [5.41, 5.74) is 1.55. The number of benzene rings is 1. The minimum absolute atomic E-state index is 0.143. The maximum absolute atomic E-state index is 14.2. The van der Waals surface area contributed by atoms with Crippen LogP contribution in [0.2, 0.25) is 0 Å². The fourth-order valence-electron chi connectivity index (χ4n) is 4.16. The minimum atomic E-state index is -0.820. The molecule has 0 bridgehead atoms. The number of hydrogen-bond donors (Lipinski definition) is 2. The molecule has 0 spiro atoms.